The summed E-state index contributed by atoms with van der Waals surface area (Å²) >= 11 is 0. The Kier molecular flexibility index (Phi) is 4.79. The average Bonchev–Trinajstić information content (AvgIpc) is 2.01. The van der Waals surface area contributed by atoms with Crippen LogP contribution in [-0.4, -0.2) is 18.0 Å². The van der Waals surface area contributed by atoms with E-state index in [0.29, 0.717) is 5.92 Å². The molecule has 1 unspecified atom stereocenters. The standard InChI is InChI=1S/C12H24O2/c1-8(2)12(6,7)11(13)10(5)14-9(3)4/h8-10H,1-7H3. The van der Waals surface area contributed by atoms with E-state index < -0.39 is 0 Å². The lowest BCUT2D eigenvalue weighted by Crippen LogP contribution is -2.39. The van der Waals surface area contributed by atoms with Crippen LogP contribution < -0.4 is 0 Å². The third kappa shape index (κ3) is 3.41. The van der Waals surface area contributed by atoms with E-state index in [1.165, 1.54) is 0 Å². The van der Waals surface area contributed by atoms with E-state index in [-0.39, 0.29) is 23.4 Å². The van der Waals surface area contributed by atoms with Crippen molar-refractivity contribution in [2.75, 3.05) is 0 Å². The van der Waals surface area contributed by atoms with Crippen molar-refractivity contribution in [3.8, 4) is 0 Å². The summed E-state index contributed by atoms with van der Waals surface area (Å²) in [6, 6.07) is 0. The first-order valence-electron chi connectivity index (χ1n) is 5.39. The molecule has 0 aromatic carbocycles. The van der Waals surface area contributed by atoms with Gasteiger partial charge in [0.25, 0.3) is 0 Å². The minimum absolute atomic E-state index is 0.108. The van der Waals surface area contributed by atoms with Gasteiger partial charge in [-0.05, 0) is 26.7 Å². The molecule has 1 atom stereocenters. The second-order valence-corrected chi connectivity index (χ2v) is 5.07. The predicted octanol–water partition coefficient (Wildman–Crippen LogP) is 3.05. The molecular formula is C12H24O2. The lowest BCUT2D eigenvalue weighted by atomic mass is 9.76. The maximum absolute atomic E-state index is 12.0. The minimum atomic E-state index is -0.299. The molecule has 84 valence electrons. The zero-order valence-corrected chi connectivity index (χ0v) is 10.5. The highest BCUT2D eigenvalue weighted by atomic mass is 16.5. The fraction of sp³-hybridized carbons (Fsp3) is 0.917. The first-order chi connectivity index (χ1) is 6.19. The molecule has 0 spiro atoms. The number of ether oxygens (including phenoxy) is 1. The predicted molar refractivity (Wildman–Crippen MR) is 59.3 cm³/mol. The van der Waals surface area contributed by atoms with Gasteiger partial charge in [-0.25, -0.2) is 0 Å². The fourth-order valence-electron chi connectivity index (χ4n) is 1.28. The average molecular weight is 200 g/mol. The van der Waals surface area contributed by atoms with E-state index in [1.807, 2.05) is 34.6 Å². The van der Waals surface area contributed by atoms with Gasteiger partial charge in [0.15, 0.2) is 5.78 Å². The van der Waals surface area contributed by atoms with Crippen molar-refractivity contribution in [3.63, 3.8) is 0 Å². The number of Topliss-reactive ketones (excluding diaryl/α,β-unsaturated/α-hetero) is 1. The second-order valence-electron chi connectivity index (χ2n) is 5.07. The van der Waals surface area contributed by atoms with Gasteiger partial charge in [0.05, 0.1) is 6.10 Å². The molecule has 0 aliphatic heterocycles. The van der Waals surface area contributed by atoms with Crippen LogP contribution in [0.4, 0.5) is 0 Å². The SMILES string of the molecule is CC(C)OC(C)C(=O)C(C)(C)C(C)C. The molecule has 0 saturated carbocycles. The molecule has 0 aliphatic carbocycles. The van der Waals surface area contributed by atoms with E-state index >= 15 is 0 Å². The lowest BCUT2D eigenvalue weighted by molar-refractivity contribution is -0.142. The summed E-state index contributed by atoms with van der Waals surface area (Å²) < 4.78 is 5.50. The van der Waals surface area contributed by atoms with Crippen molar-refractivity contribution in [1.82, 2.24) is 0 Å². The third-order valence-electron chi connectivity index (χ3n) is 2.92. The van der Waals surface area contributed by atoms with Gasteiger partial charge in [0.1, 0.15) is 6.10 Å². The van der Waals surface area contributed by atoms with Crippen LogP contribution in [0.25, 0.3) is 0 Å². The summed E-state index contributed by atoms with van der Waals surface area (Å²) in [6.45, 7) is 13.9. The molecule has 0 rings (SSSR count). The molecule has 2 nitrogen and oxygen atoms in total. The Morgan fingerprint density at radius 3 is 1.79 bits per heavy atom. The quantitative estimate of drug-likeness (QED) is 0.682. The summed E-state index contributed by atoms with van der Waals surface area (Å²) in [5.74, 6) is 0.536. The molecule has 0 amide bonds. The molecule has 0 bridgehead atoms. The number of carbonyl (C=O) groups excluding carboxylic acids is 1. The topological polar surface area (TPSA) is 26.3 Å². The highest BCUT2D eigenvalue weighted by Gasteiger charge is 2.34. The van der Waals surface area contributed by atoms with Crippen molar-refractivity contribution < 1.29 is 9.53 Å². The van der Waals surface area contributed by atoms with Gasteiger partial charge in [-0.2, -0.15) is 0 Å². The van der Waals surface area contributed by atoms with Gasteiger partial charge in [-0.3, -0.25) is 4.79 Å². The lowest BCUT2D eigenvalue weighted by Gasteiger charge is -2.31. The van der Waals surface area contributed by atoms with Gasteiger partial charge in [-0.15, -0.1) is 0 Å². The Bertz CT molecular complexity index is 192. The summed E-state index contributed by atoms with van der Waals surface area (Å²) in [6.07, 6.45) is -0.190. The van der Waals surface area contributed by atoms with Gasteiger partial charge in [-0.1, -0.05) is 27.7 Å². The molecule has 0 N–H and O–H groups in total. The van der Waals surface area contributed by atoms with Gasteiger partial charge in [0.2, 0.25) is 0 Å². The highest BCUT2D eigenvalue weighted by Crippen LogP contribution is 2.29. The number of hydrogen-bond acceptors (Lipinski definition) is 2. The largest absolute Gasteiger partial charge is 0.368 e. The summed E-state index contributed by atoms with van der Waals surface area (Å²) in [5, 5.41) is 0. The molecule has 0 saturated heterocycles. The molecule has 0 fully saturated rings. The molecule has 0 aliphatic rings. The summed E-state index contributed by atoms with van der Waals surface area (Å²) in [7, 11) is 0. The highest BCUT2D eigenvalue weighted by molar-refractivity contribution is 5.88. The third-order valence-corrected chi connectivity index (χ3v) is 2.92. The van der Waals surface area contributed by atoms with Crippen LogP contribution in [-0.2, 0) is 9.53 Å². The summed E-state index contributed by atoms with van der Waals surface area (Å²) in [4.78, 5) is 12.0. The molecule has 0 radical (unpaired) electrons. The molecule has 0 aromatic heterocycles. The van der Waals surface area contributed by atoms with Crippen LogP contribution in [0.15, 0.2) is 0 Å². The van der Waals surface area contributed by atoms with Crippen molar-refractivity contribution in [2.45, 2.75) is 60.7 Å². The van der Waals surface area contributed by atoms with Crippen LogP contribution in [0.2, 0.25) is 0 Å². The Morgan fingerprint density at radius 2 is 1.50 bits per heavy atom. The van der Waals surface area contributed by atoms with Crippen molar-refractivity contribution in [3.05, 3.63) is 0 Å². The monoisotopic (exact) mass is 200 g/mol. The number of hydrogen-bond donors (Lipinski definition) is 0. The zero-order chi connectivity index (χ0) is 11.5. The summed E-state index contributed by atoms with van der Waals surface area (Å²) in [5.41, 5.74) is -0.297. The first kappa shape index (κ1) is 13.6. The van der Waals surface area contributed by atoms with Crippen molar-refractivity contribution in [1.29, 1.82) is 0 Å². The van der Waals surface area contributed by atoms with Gasteiger partial charge < -0.3 is 4.74 Å². The Balaban J connectivity index is 4.45. The van der Waals surface area contributed by atoms with Crippen LogP contribution in [0.5, 0.6) is 0 Å². The van der Waals surface area contributed by atoms with Crippen LogP contribution in [0.1, 0.15) is 48.5 Å². The van der Waals surface area contributed by atoms with E-state index in [0.717, 1.165) is 0 Å². The zero-order valence-electron chi connectivity index (χ0n) is 10.5. The van der Waals surface area contributed by atoms with Crippen LogP contribution in [0, 0.1) is 11.3 Å². The van der Waals surface area contributed by atoms with Gasteiger partial charge >= 0.3 is 0 Å². The van der Waals surface area contributed by atoms with Crippen molar-refractivity contribution in [2.24, 2.45) is 11.3 Å². The Labute approximate surface area is 88.0 Å². The number of ketones is 1. The number of rotatable bonds is 5. The van der Waals surface area contributed by atoms with Gasteiger partial charge in [0, 0.05) is 5.41 Å². The maximum Gasteiger partial charge on any atom is 0.167 e. The van der Waals surface area contributed by atoms with Crippen LogP contribution >= 0.6 is 0 Å². The van der Waals surface area contributed by atoms with E-state index in [1.54, 1.807) is 0 Å². The molecular weight excluding hydrogens is 176 g/mol. The molecule has 0 aromatic rings. The smallest absolute Gasteiger partial charge is 0.167 e. The fourth-order valence-corrected chi connectivity index (χ4v) is 1.28. The van der Waals surface area contributed by atoms with E-state index in [9.17, 15) is 4.79 Å². The molecule has 0 heterocycles. The molecule has 14 heavy (non-hydrogen) atoms. The Hall–Kier alpha value is -0.370. The second kappa shape index (κ2) is 4.92. The normalized spacial score (nSPS) is 14.9. The van der Waals surface area contributed by atoms with E-state index in [2.05, 4.69) is 13.8 Å². The maximum atomic E-state index is 12.0. The minimum Gasteiger partial charge on any atom is -0.368 e. The first-order valence-corrected chi connectivity index (χ1v) is 5.39. The Morgan fingerprint density at radius 1 is 1.07 bits per heavy atom. The van der Waals surface area contributed by atoms with Crippen molar-refractivity contribution >= 4 is 5.78 Å². The molecule has 2 heteroatoms. The van der Waals surface area contributed by atoms with E-state index in [4.69, 9.17) is 4.74 Å². The van der Waals surface area contributed by atoms with Crippen LogP contribution in [0.3, 0.4) is 0 Å². The number of carbonyl (C=O) groups is 1.